The van der Waals surface area contributed by atoms with Gasteiger partial charge in [0.2, 0.25) is 0 Å². The molecule has 1 heterocycles. The fraction of sp³-hybridized carbons (Fsp3) is 0.417. The van der Waals surface area contributed by atoms with Gasteiger partial charge in [-0.15, -0.1) is 12.4 Å². The number of para-hydroxylation sites is 2. The molecule has 4 heteroatoms. The Morgan fingerprint density at radius 2 is 2.12 bits per heavy atom. The number of rotatable bonds is 3. The van der Waals surface area contributed by atoms with Crippen molar-refractivity contribution in [1.29, 1.82) is 5.41 Å². The van der Waals surface area contributed by atoms with Gasteiger partial charge in [0, 0.05) is 13.0 Å². The van der Waals surface area contributed by atoms with Gasteiger partial charge in [-0.3, -0.25) is 5.41 Å². The van der Waals surface area contributed by atoms with Gasteiger partial charge in [-0.2, -0.15) is 0 Å². The average molecular weight is 241 g/mol. The van der Waals surface area contributed by atoms with Gasteiger partial charge >= 0.3 is 0 Å². The number of hydrogen-bond donors (Lipinski definition) is 1. The molecule has 0 unspecified atom stereocenters. The van der Waals surface area contributed by atoms with Crippen molar-refractivity contribution >= 4 is 23.9 Å². The van der Waals surface area contributed by atoms with Crippen molar-refractivity contribution in [2.75, 3.05) is 18.1 Å². The third kappa shape index (κ3) is 2.47. The van der Waals surface area contributed by atoms with Gasteiger partial charge in [-0.25, -0.2) is 0 Å². The summed E-state index contributed by atoms with van der Waals surface area (Å²) in [4.78, 5) is 2.03. The summed E-state index contributed by atoms with van der Waals surface area (Å²) in [5, 5.41) is 7.84. The maximum absolute atomic E-state index is 7.84. The summed E-state index contributed by atoms with van der Waals surface area (Å²) in [6.45, 7) is 3.58. The fourth-order valence-corrected chi connectivity index (χ4v) is 1.90. The molecular formula is C12H17ClN2O. The molecule has 2 rings (SSSR count). The Kier molecular flexibility index (Phi) is 4.62. The van der Waals surface area contributed by atoms with Crippen molar-refractivity contribution in [3.05, 3.63) is 24.3 Å². The maximum Gasteiger partial charge on any atom is 0.142 e. The molecule has 1 saturated heterocycles. The molecule has 1 aliphatic heterocycles. The summed E-state index contributed by atoms with van der Waals surface area (Å²) in [5.41, 5.74) is 1.03. The van der Waals surface area contributed by atoms with Crippen LogP contribution in [0.3, 0.4) is 0 Å². The summed E-state index contributed by atoms with van der Waals surface area (Å²) in [7, 11) is 0. The van der Waals surface area contributed by atoms with Crippen LogP contribution in [-0.2, 0) is 0 Å². The molecule has 0 aromatic heterocycles. The SMILES string of the molecule is CCOc1ccccc1N1CCCC1=N.Cl. The first-order chi connectivity index (χ1) is 7.33. The topological polar surface area (TPSA) is 36.3 Å². The highest BCUT2D eigenvalue weighted by molar-refractivity contribution is 5.98. The van der Waals surface area contributed by atoms with E-state index in [1.807, 2.05) is 36.1 Å². The van der Waals surface area contributed by atoms with Crippen LogP contribution in [0.4, 0.5) is 5.69 Å². The van der Waals surface area contributed by atoms with Crippen LogP contribution in [0.25, 0.3) is 0 Å². The molecule has 0 amide bonds. The quantitative estimate of drug-likeness (QED) is 0.882. The van der Waals surface area contributed by atoms with E-state index in [0.29, 0.717) is 12.4 Å². The number of nitrogens with zero attached hydrogens (tertiary/aromatic N) is 1. The minimum atomic E-state index is 0. The van der Waals surface area contributed by atoms with Crippen LogP contribution in [0.15, 0.2) is 24.3 Å². The van der Waals surface area contributed by atoms with Gasteiger partial charge in [-0.05, 0) is 25.5 Å². The molecule has 1 aromatic rings. The summed E-state index contributed by atoms with van der Waals surface area (Å²) >= 11 is 0. The smallest absolute Gasteiger partial charge is 0.142 e. The molecule has 0 saturated carbocycles. The average Bonchev–Trinajstić information content (AvgIpc) is 2.66. The van der Waals surface area contributed by atoms with Crippen LogP contribution in [0, 0.1) is 5.41 Å². The highest BCUT2D eigenvalue weighted by Gasteiger charge is 2.20. The third-order valence-electron chi connectivity index (χ3n) is 2.58. The summed E-state index contributed by atoms with van der Waals surface area (Å²) in [6, 6.07) is 7.94. The molecule has 0 bridgehead atoms. The molecule has 1 aliphatic rings. The zero-order valence-electron chi connectivity index (χ0n) is 9.40. The molecule has 0 spiro atoms. The summed E-state index contributed by atoms with van der Waals surface area (Å²) in [5.74, 6) is 1.58. The predicted octanol–water partition coefficient (Wildman–Crippen LogP) is 3.08. The Morgan fingerprint density at radius 3 is 2.75 bits per heavy atom. The summed E-state index contributed by atoms with van der Waals surface area (Å²) < 4.78 is 5.56. The van der Waals surface area contributed by atoms with Gasteiger partial charge in [0.25, 0.3) is 0 Å². The van der Waals surface area contributed by atoms with E-state index < -0.39 is 0 Å². The first kappa shape index (κ1) is 12.8. The first-order valence-electron chi connectivity index (χ1n) is 5.39. The number of ether oxygens (including phenoxy) is 1. The second-order valence-electron chi connectivity index (χ2n) is 3.60. The number of hydrogen-bond acceptors (Lipinski definition) is 2. The monoisotopic (exact) mass is 240 g/mol. The molecule has 1 fully saturated rings. The van der Waals surface area contributed by atoms with Gasteiger partial charge in [0.15, 0.2) is 0 Å². The Morgan fingerprint density at radius 1 is 1.38 bits per heavy atom. The largest absolute Gasteiger partial charge is 0.492 e. The molecule has 3 nitrogen and oxygen atoms in total. The lowest BCUT2D eigenvalue weighted by Crippen LogP contribution is -2.23. The van der Waals surface area contributed by atoms with Crippen LogP contribution in [0.5, 0.6) is 5.75 Å². The van der Waals surface area contributed by atoms with Crippen molar-refractivity contribution in [2.24, 2.45) is 0 Å². The standard InChI is InChI=1S/C12H16N2O.ClH/c1-2-15-11-7-4-3-6-10(11)14-9-5-8-12(14)13;/h3-4,6-7,13H,2,5,8-9H2,1H3;1H. The van der Waals surface area contributed by atoms with Crippen LogP contribution >= 0.6 is 12.4 Å². The minimum Gasteiger partial charge on any atom is -0.492 e. The lowest BCUT2D eigenvalue weighted by atomic mass is 10.2. The van der Waals surface area contributed by atoms with Gasteiger partial charge in [-0.1, -0.05) is 12.1 Å². The van der Waals surface area contributed by atoms with E-state index in [0.717, 1.165) is 30.8 Å². The highest BCUT2D eigenvalue weighted by Crippen LogP contribution is 2.31. The number of nitrogens with one attached hydrogen (secondary N) is 1. The minimum absolute atomic E-state index is 0. The zero-order valence-corrected chi connectivity index (χ0v) is 10.2. The number of halogens is 1. The van der Waals surface area contributed by atoms with Crippen LogP contribution in [-0.4, -0.2) is 19.0 Å². The molecule has 88 valence electrons. The van der Waals surface area contributed by atoms with Crippen molar-refractivity contribution in [3.8, 4) is 5.75 Å². The van der Waals surface area contributed by atoms with E-state index in [9.17, 15) is 0 Å². The van der Waals surface area contributed by atoms with Crippen molar-refractivity contribution < 1.29 is 4.74 Å². The normalized spacial score (nSPS) is 14.8. The van der Waals surface area contributed by atoms with Gasteiger partial charge < -0.3 is 9.64 Å². The van der Waals surface area contributed by atoms with E-state index in [-0.39, 0.29) is 12.4 Å². The fourth-order valence-electron chi connectivity index (χ4n) is 1.90. The Balaban J connectivity index is 0.00000128. The highest BCUT2D eigenvalue weighted by atomic mass is 35.5. The lowest BCUT2D eigenvalue weighted by molar-refractivity contribution is 0.341. The molecular weight excluding hydrogens is 224 g/mol. The molecule has 0 aliphatic carbocycles. The second kappa shape index (κ2) is 5.75. The number of anilines is 1. The third-order valence-corrected chi connectivity index (χ3v) is 2.58. The van der Waals surface area contributed by atoms with E-state index in [4.69, 9.17) is 10.1 Å². The first-order valence-corrected chi connectivity index (χ1v) is 5.39. The van der Waals surface area contributed by atoms with Crippen LogP contribution in [0.1, 0.15) is 19.8 Å². The number of amidine groups is 1. The predicted molar refractivity (Wildman–Crippen MR) is 69.2 cm³/mol. The van der Waals surface area contributed by atoms with Crippen molar-refractivity contribution in [2.45, 2.75) is 19.8 Å². The van der Waals surface area contributed by atoms with Crippen molar-refractivity contribution in [1.82, 2.24) is 0 Å². The Bertz CT molecular complexity index is 368. The van der Waals surface area contributed by atoms with E-state index >= 15 is 0 Å². The van der Waals surface area contributed by atoms with E-state index in [1.54, 1.807) is 0 Å². The molecule has 0 atom stereocenters. The Hall–Kier alpha value is -1.22. The van der Waals surface area contributed by atoms with E-state index in [1.165, 1.54) is 0 Å². The zero-order chi connectivity index (χ0) is 10.7. The van der Waals surface area contributed by atoms with Crippen molar-refractivity contribution in [3.63, 3.8) is 0 Å². The maximum atomic E-state index is 7.84. The van der Waals surface area contributed by atoms with Crippen LogP contribution in [0.2, 0.25) is 0 Å². The second-order valence-corrected chi connectivity index (χ2v) is 3.60. The van der Waals surface area contributed by atoms with E-state index in [2.05, 4.69) is 0 Å². The molecule has 1 N–H and O–H groups in total. The molecule has 16 heavy (non-hydrogen) atoms. The summed E-state index contributed by atoms with van der Waals surface area (Å²) in [6.07, 6.45) is 1.94. The number of benzene rings is 1. The van der Waals surface area contributed by atoms with Gasteiger partial charge in [0.05, 0.1) is 12.3 Å². The Labute approximate surface area is 102 Å². The lowest BCUT2D eigenvalue weighted by Gasteiger charge is -2.20. The molecule has 0 radical (unpaired) electrons. The van der Waals surface area contributed by atoms with Gasteiger partial charge in [0.1, 0.15) is 11.6 Å². The molecule has 1 aromatic carbocycles. The van der Waals surface area contributed by atoms with Crippen LogP contribution < -0.4 is 9.64 Å².